The second kappa shape index (κ2) is 6.98. The fourth-order valence-electron chi connectivity index (χ4n) is 3.28. The number of nitrogens with zero attached hydrogens (tertiary/aromatic N) is 1. The number of carbonyl (C=O) groups is 1. The van der Waals surface area contributed by atoms with Crippen molar-refractivity contribution >= 4 is 17.3 Å². The van der Waals surface area contributed by atoms with Crippen LogP contribution in [0, 0.1) is 0 Å². The van der Waals surface area contributed by atoms with Crippen LogP contribution in [0.1, 0.15) is 22.7 Å². The Labute approximate surface area is 165 Å². The molecule has 0 N–H and O–H groups in total. The smallest absolute Gasteiger partial charge is 0.318 e. The van der Waals surface area contributed by atoms with Crippen LogP contribution < -0.4 is 4.74 Å². The highest BCUT2D eigenvalue weighted by Gasteiger charge is 2.33. The van der Waals surface area contributed by atoms with Gasteiger partial charge < -0.3 is 13.9 Å². The van der Waals surface area contributed by atoms with Crippen molar-refractivity contribution in [2.24, 2.45) is 0 Å². The zero-order valence-electron chi connectivity index (χ0n) is 14.7. The van der Waals surface area contributed by atoms with E-state index in [-0.39, 0.29) is 12.6 Å². The maximum atomic E-state index is 13.0. The Bertz CT molecular complexity index is 1090. The molecule has 2 aromatic heterocycles. The van der Waals surface area contributed by atoms with Crippen LogP contribution in [0.3, 0.4) is 0 Å². The van der Waals surface area contributed by atoms with E-state index in [9.17, 15) is 4.79 Å². The van der Waals surface area contributed by atoms with E-state index in [0.717, 1.165) is 16.0 Å². The first-order chi connectivity index (χ1) is 13.8. The van der Waals surface area contributed by atoms with Crippen LogP contribution in [0.25, 0.3) is 10.8 Å². The molecule has 0 bridgehead atoms. The molecule has 3 heterocycles. The molecule has 0 atom stereocenters. The number of hydrogen-bond acceptors (Lipinski definition) is 6. The molecule has 4 aromatic rings. The lowest BCUT2D eigenvalue weighted by molar-refractivity contribution is -0.146. The number of benzene rings is 2. The van der Waals surface area contributed by atoms with E-state index in [2.05, 4.69) is 4.98 Å². The van der Waals surface area contributed by atoms with Crippen molar-refractivity contribution in [3.05, 3.63) is 89.1 Å². The SMILES string of the molecule is O=C(OCc1coc(-c2cccs2)n1)C1c2ccccc2Oc2ccccc21. The minimum atomic E-state index is -0.537. The Kier molecular flexibility index (Phi) is 4.18. The van der Waals surface area contributed by atoms with Gasteiger partial charge in [-0.2, -0.15) is 0 Å². The highest BCUT2D eigenvalue weighted by Crippen LogP contribution is 2.44. The van der Waals surface area contributed by atoms with E-state index < -0.39 is 5.92 Å². The van der Waals surface area contributed by atoms with E-state index >= 15 is 0 Å². The highest BCUT2D eigenvalue weighted by atomic mass is 32.1. The summed E-state index contributed by atoms with van der Waals surface area (Å²) in [4.78, 5) is 18.3. The van der Waals surface area contributed by atoms with Crippen LogP contribution in [0.4, 0.5) is 0 Å². The largest absolute Gasteiger partial charge is 0.458 e. The Morgan fingerprint density at radius 2 is 1.71 bits per heavy atom. The molecule has 1 aliphatic heterocycles. The predicted molar refractivity (Wildman–Crippen MR) is 104 cm³/mol. The minimum Gasteiger partial charge on any atom is -0.458 e. The first-order valence-corrected chi connectivity index (χ1v) is 9.68. The normalized spacial score (nSPS) is 12.7. The molecule has 0 fully saturated rings. The lowest BCUT2D eigenvalue weighted by atomic mass is 9.88. The van der Waals surface area contributed by atoms with Crippen molar-refractivity contribution in [2.75, 3.05) is 0 Å². The Morgan fingerprint density at radius 1 is 1.00 bits per heavy atom. The average Bonchev–Trinajstić information content (AvgIpc) is 3.42. The second-order valence-electron chi connectivity index (χ2n) is 6.34. The molecule has 138 valence electrons. The van der Waals surface area contributed by atoms with Gasteiger partial charge in [-0.25, -0.2) is 4.98 Å². The van der Waals surface area contributed by atoms with Crippen LogP contribution >= 0.6 is 11.3 Å². The van der Waals surface area contributed by atoms with E-state index in [1.807, 2.05) is 66.0 Å². The number of aromatic nitrogens is 1. The number of thiophene rings is 1. The number of fused-ring (bicyclic) bond motifs is 2. The first kappa shape index (κ1) is 16.8. The molecule has 0 spiro atoms. The van der Waals surface area contributed by atoms with Gasteiger partial charge in [0.2, 0.25) is 5.89 Å². The van der Waals surface area contributed by atoms with Crippen molar-refractivity contribution in [3.63, 3.8) is 0 Å². The lowest BCUT2D eigenvalue weighted by Gasteiger charge is -2.26. The van der Waals surface area contributed by atoms with E-state index in [1.54, 1.807) is 11.3 Å². The van der Waals surface area contributed by atoms with Gasteiger partial charge in [-0.15, -0.1) is 11.3 Å². The van der Waals surface area contributed by atoms with Gasteiger partial charge in [-0.05, 0) is 23.6 Å². The third-order valence-corrected chi connectivity index (χ3v) is 5.42. The zero-order valence-corrected chi connectivity index (χ0v) is 15.5. The number of hydrogen-bond donors (Lipinski definition) is 0. The van der Waals surface area contributed by atoms with E-state index in [4.69, 9.17) is 13.9 Å². The van der Waals surface area contributed by atoms with Crippen LogP contribution in [-0.2, 0) is 16.1 Å². The molecule has 28 heavy (non-hydrogen) atoms. The van der Waals surface area contributed by atoms with Crippen molar-refractivity contribution in [2.45, 2.75) is 12.5 Å². The number of carbonyl (C=O) groups excluding carboxylic acids is 1. The Balaban J connectivity index is 1.38. The van der Waals surface area contributed by atoms with Crippen LogP contribution in [0.5, 0.6) is 11.5 Å². The number of oxazole rings is 1. The highest BCUT2D eigenvalue weighted by molar-refractivity contribution is 7.13. The second-order valence-corrected chi connectivity index (χ2v) is 7.29. The standard InChI is InChI=1S/C22H15NO4S/c24-22(26-13-14-12-25-21(23-14)19-10-5-11-28-19)20-15-6-1-3-8-17(15)27-18-9-4-2-7-16(18)20/h1-12,20H,13H2. The lowest BCUT2D eigenvalue weighted by Crippen LogP contribution is -2.21. The molecule has 5 nitrogen and oxygen atoms in total. The molecule has 0 aliphatic carbocycles. The van der Waals surface area contributed by atoms with Crippen molar-refractivity contribution in [1.82, 2.24) is 4.98 Å². The molecule has 0 unspecified atom stereocenters. The van der Waals surface area contributed by atoms with Gasteiger partial charge in [-0.3, -0.25) is 4.79 Å². The Morgan fingerprint density at radius 3 is 2.39 bits per heavy atom. The zero-order chi connectivity index (χ0) is 18.9. The van der Waals surface area contributed by atoms with Gasteiger partial charge >= 0.3 is 5.97 Å². The topological polar surface area (TPSA) is 61.6 Å². The van der Waals surface area contributed by atoms with Gasteiger partial charge in [0.1, 0.15) is 36.0 Å². The summed E-state index contributed by atoms with van der Waals surface area (Å²) in [5.74, 6) is 0.991. The quantitative estimate of drug-likeness (QED) is 0.438. The molecular formula is C22H15NO4S. The number of esters is 1. The fraction of sp³-hybridized carbons (Fsp3) is 0.0909. The van der Waals surface area contributed by atoms with Gasteiger partial charge in [0.15, 0.2) is 0 Å². The maximum Gasteiger partial charge on any atom is 0.318 e. The number of para-hydroxylation sites is 2. The monoisotopic (exact) mass is 389 g/mol. The molecule has 6 heteroatoms. The van der Waals surface area contributed by atoms with Crippen molar-refractivity contribution in [3.8, 4) is 22.3 Å². The molecule has 0 radical (unpaired) electrons. The van der Waals surface area contributed by atoms with Crippen molar-refractivity contribution in [1.29, 1.82) is 0 Å². The first-order valence-electron chi connectivity index (χ1n) is 8.80. The van der Waals surface area contributed by atoms with Crippen LogP contribution in [-0.4, -0.2) is 11.0 Å². The molecule has 1 aliphatic rings. The molecule has 0 saturated heterocycles. The third kappa shape index (κ3) is 2.97. The summed E-state index contributed by atoms with van der Waals surface area (Å²) in [6.07, 6.45) is 1.52. The van der Waals surface area contributed by atoms with Gasteiger partial charge in [-0.1, -0.05) is 42.5 Å². The molecule has 2 aromatic carbocycles. The summed E-state index contributed by atoms with van der Waals surface area (Å²) in [7, 11) is 0. The van der Waals surface area contributed by atoms with E-state index in [1.165, 1.54) is 6.26 Å². The van der Waals surface area contributed by atoms with E-state index in [0.29, 0.717) is 23.1 Å². The summed E-state index contributed by atoms with van der Waals surface area (Å²) in [5.41, 5.74) is 2.17. The van der Waals surface area contributed by atoms with Gasteiger partial charge in [0, 0.05) is 11.1 Å². The van der Waals surface area contributed by atoms with Crippen molar-refractivity contribution < 1.29 is 18.7 Å². The summed E-state index contributed by atoms with van der Waals surface area (Å²) in [5, 5.41) is 1.96. The molecule has 0 amide bonds. The molecular weight excluding hydrogens is 374 g/mol. The summed E-state index contributed by atoms with van der Waals surface area (Å²) in [6, 6.07) is 18.9. The minimum absolute atomic E-state index is 0.0510. The summed E-state index contributed by atoms with van der Waals surface area (Å²) in [6.45, 7) is 0.0510. The third-order valence-electron chi connectivity index (χ3n) is 4.56. The summed E-state index contributed by atoms with van der Waals surface area (Å²) >= 11 is 1.54. The molecule has 0 saturated carbocycles. The number of rotatable bonds is 4. The van der Waals surface area contributed by atoms with Gasteiger partial charge in [0.05, 0.1) is 4.88 Å². The fourth-order valence-corrected chi connectivity index (χ4v) is 3.93. The number of ether oxygens (including phenoxy) is 2. The Hall–Kier alpha value is -3.38. The van der Waals surface area contributed by atoms with Crippen LogP contribution in [0.2, 0.25) is 0 Å². The predicted octanol–water partition coefficient (Wildman–Crippen LogP) is 5.38. The average molecular weight is 389 g/mol. The van der Waals surface area contributed by atoms with Gasteiger partial charge in [0.25, 0.3) is 0 Å². The molecule has 5 rings (SSSR count). The maximum absolute atomic E-state index is 13.0. The summed E-state index contributed by atoms with van der Waals surface area (Å²) < 4.78 is 17.0. The van der Waals surface area contributed by atoms with Crippen LogP contribution in [0.15, 0.2) is 76.7 Å².